The monoisotopic (exact) mass is 330 g/mol. The van der Waals surface area contributed by atoms with E-state index in [9.17, 15) is 4.79 Å². The second-order valence-corrected chi connectivity index (χ2v) is 7.71. The molecule has 1 amide bonds. The lowest BCUT2D eigenvalue weighted by Crippen LogP contribution is -2.26. The largest absolute Gasteiger partial charge is 0.469 e. The van der Waals surface area contributed by atoms with Crippen molar-refractivity contribution in [1.82, 2.24) is 10.3 Å². The van der Waals surface area contributed by atoms with Crippen molar-refractivity contribution in [3.63, 3.8) is 0 Å². The number of hydrogen-bond donors (Lipinski definition) is 1. The van der Waals surface area contributed by atoms with Crippen LogP contribution in [-0.4, -0.2) is 17.4 Å². The van der Waals surface area contributed by atoms with E-state index in [0.717, 1.165) is 38.0 Å². The molecule has 23 heavy (non-hydrogen) atoms. The summed E-state index contributed by atoms with van der Waals surface area (Å²) in [6.45, 7) is 0.741. The van der Waals surface area contributed by atoms with E-state index in [2.05, 4.69) is 5.32 Å². The van der Waals surface area contributed by atoms with Gasteiger partial charge in [0.25, 0.3) is 0 Å². The normalized spacial score (nSPS) is 22.6. The number of nitrogens with one attached hydrogen (secondary N) is 1. The number of rotatable bonds is 6. The Morgan fingerprint density at radius 1 is 1.39 bits per heavy atom. The number of fused-ring (bicyclic) bond motifs is 1. The van der Waals surface area contributed by atoms with Crippen molar-refractivity contribution in [2.45, 2.75) is 50.9 Å². The van der Waals surface area contributed by atoms with E-state index < -0.39 is 0 Å². The molecule has 5 heteroatoms. The van der Waals surface area contributed by atoms with Crippen molar-refractivity contribution in [3.8, 4) is 0 Å². The second-order valence-electron chi connectivity index (χ2n) is 6.54. The van der Waals surface area contributed by atoms with Gasteiger partial charge in [0.05, 0.1) is 17.0 Å². The zero-order valence-corrected chi connectivity index (χ0v) is 14.0. The van der Waals surface area contributed by atoms with Crippen LogP contribution in [0.1, 0.15) is 52.9 Å². The van der Waals surface area contributed by atoms with Gasteiger partial charge < -0.3 is 9.73 Å². The van der Waals surface area contributed by atoms with Gasteiger partial charge in [-0.2, -0.15) is 0 Å². The third-order valence-electron chi connectivity index (χ3n) is 4.79. The number of hydrogen-bond acceptors (Lipinski definition) is 4. The molecule has 0 aromatic carbocycles. The van der Waals surface area contributed by atoms with Gasteiger partial charge in [0.15, 0.2) is 0 Å². The minimum Gasteiger partial charge on any atom is -0.469 e. The molecule has 1 N–H and O–H groups in total. The van der Waals surface area contributed by atoms with Crippen molar-refractivity contribution < 1.29 is 9.21 Å². The molecule has 4 nitrogen and oxygen atoms in total. The molecule has 2 aliphatic carbocycles. The fourth-order valence-electron chi connectivity index (χ4n) is 3.40. The average molecular weight is 330 g/mol. The van der Waals surface area contributed by atoms with Crippen LogP contribution < -0.4 is 5.32 Å². The minimum atomic E-state index is 0.105. The van der Waals surface area contributed by atoms with E-state index in [1.807, 2.05) is 23.5 Å². The number of carbonyl (C=O) groups excluding carboxylic acids is 1. The molecular formula is C18H22N2O2S. The molecule has 0 radical (unpaired) electrons. The first-order valence-corrected chi connectivity index (χ1v) is 9.41. The van der Waals surface area contributed by atoms with Crippen molar-refractivity contribution in [2.75, 3.05) is 6.54 Å². The first-order valence-electron chi connectivity index (χ1n) is 8.60. The van der Waals surface area contributed by atoms with Crippen LogP contribution in [0.4, 0.5) is 0 Å². The van der Waals surface area contributed by atoms with Gasteiger partial charge in [0.1, 0.15) is 5.76 Å². The van der Waals surface area contributed by atoms with Crippen molar-refractivity contribution in [2.24, 2.45) is 5.92 Å². The van der Waals surface area contributed by atoms with Crippen molar-refractivity contribution in [1.29, 1.82) is 0 Å². The lowest BCUT2D eigenvalue weighted by molar-refractivity contribution is -0.122. The van der Waals surface area contributed by atoms with Gasteiger partial charge in [-0.3, -0.25) is 4.79 Å². The van der Waals surface area contributed by atoms with Crippen LogP contribution in [0, 0.1) is 5.92 Å². The fraction of sp³-hybridized carbons (Fsp3) is 0.556. The van der Waals surface area contributed by atoms with Crippen LogP contribution in [-0.2, 0) is 24.1 Å². The molecule has 2 aromatic heterocycles. The number of aromatic nitrogens is 1. The summed E-state index contributed by atoms with van der Waals surface area (Å²) >= 11 is 1.88. The zero-order chi connectivity index (χ0) is 15.6. The summed E-state index contributed by atoms with van der Waals surface area (Å²) in [7, 11) is 0. The molecule has 1 fully saturated rings. The van der Waals surface area contributed by atoms with E-state index in [4.69, 9.17) is 9.40 Å². The van der Waals surface area contributed by atoms with Gasteiger partial charge in [-0.25, -0.2) is 4.98 Å². The van der Waals surface area contributed by atoms with Crippen LogP contribution in [0.3, 0.4) is 0 Å². The zero-order valence-electron chi connectivity index (χ0n) is 13.2. The highest BCUT2D eigenvalue weighted by Gasteiger charge is 2.45. The predicted octanol–water partition coefficient (Wildman–Crippen LogP) is 3.47. The predicted molar refractivity (Wildman–Crippen MR) is 89.6 cm³/mol. The Kier molecular flexibility index (Phi) is 4.21. The molecule has 2 unspecified atom stereocenters. The molecule has 0 spiro atoms. The summed E-state index contributed by atoms with van der Waals surface area (Å²) in [6.07, 6.45) is 9.49. The van der Waals surface area contributed by atoms with Gasteiger partial charge >= 0.3 is 0 Å². The maximum atomic E-state index is 12.1. The van der Waals surface area contributed by atoms with Crippen LogP contribution in [0.5, 0.6) is 0 Å². The molecular weight excluding hydrogens is 308 g/mol. The van der Waals surface area contributed by atoms with Crippen molar-refractivity contribution >= 4 is 17.2 Å². The lowest BCUT2D eigenvalue weighted by Gasteiger charge is -2.06. The first-order chi connectivity index (χ1) is 11.3. The van der Waals surface area contributed by atoms with Gasteiger partial charge in [-0.05, 0) is 50.7 Å². The summed E-state index contributed by atoms with van der Waals surface area (Å²) < 4.78 is 5.37. The summed E-state index contributed by atoms with van der Waals surface area (Å²) in [5, 5.41) is 4.31. The van der Waals surface area contributed by atoms with Crippen LogP contribution in [0.15, 0.2) is 22.8 Å². The molecule has 122 valence electrons. The number of amides is 1. The summed E-state index contributed by atoms with van der Waals surface area (Å²) in [5.74, 6) is 1.51. The summed E-state index contributed by atoms with van der Waals surface area (Å²) in [6, 6.07) is 3.85. The van der Waals surface area contributed by atoms with Crippen molar-refractivity contribution in [3.05, 3.63) is 39.7 Å². The van der Waals surface area contributed by atoms with E-state index in [1.54, 1.807) is 6.26 Å². The third kappa shape index (κ3) is 3.34. The minimum absolute atomic E-state index is 0.105. The summed E-state index contributed by atoms with van der Waals surface area (Å²) in [4.78, 5) is 18.4. The first kappa shape index (κ1) is 14.9. The van der Waals surface area contributed by atoms with E-state index in [0.29, 0.717) is 0 Å². The van der Waals surface area contributed by atoms with Gasteiger partial charge in [0.2, 0.25) is 5.91 Å². The number of nitrogens with zero attached hydrogens (tertiary/aromatic N) is 1. The van der Waals surface area contributed by atoms with Crippen LogP contribution in [0.2, 0.25) is 0 Å². The highest BCUT2D eigenvalue weighted by Crippen LogP contribution is 2.47. The molecule has 1 saturated carbocycles. The molecule has 0 aliphatic heterocycles. The van der Waals surface area contributed by atoms with Gasteiger partial charge in [-0.15, -0.1) is 11.3 Å². The highest BCUT2D eigenvalue weighted by atomic mass is 32.1. The Bertz CT molecular complexity index is 654. The number of aryl methyl sites for hydroxylation is 3. The maximum Gasteiger partial charge on any atom is 0.223 e. The Morgan fingerprint density at radius 3 is 3.13 bits per heavy atom. The molecule has 2 atom stereocenters. The fourth-order valence-corrected chi connectivity index (χ4v) is 4.59. The molecule has 2 heterocycles. The quantitative estimate of drug-likeness (QED) is 0.825. The van der Waals surface area contributed by atoms with Gasteiger partial charge in [0, 0.05) is 29.7 Å². The lowest BCUT2D eigenvalue weighted by atomic mass is 10.0. The average Bonchev–Trinajstić information content (AvgIpc) is 2.99. The van der Waals surface area contributed by atoms with E-state index in [1.165, 1.54) is 34.8 Å². The Balaban J connectivity index is 1.19. The molecule has 4 rings (SSSR count). The smallest absolute Gasteiger partial charge is 0.223 e. The van der Waals surface area contributed by atoms with E-state index >= 15 is 0 Å². The van der Waals surface area contributed by atoms with Crippen LogP contribution in [0.25, 0.3) is 0 Å². The topological polar surface area (TPSA) is 55.1 Å². The Hall–Kier alpha value is -1.62. The standard InChI is InChI=1S/C18H22N2O2S/c21-18(13-11-12(13)15-6-4-10-22-15)19-9-3-8-17-20-14-5-1-2-7-16(14)23-17/h4,6,10,12-13H,1-3,5,7-9,11H2,(H,19,21). The second kappa shape index (κ2) is 6.48. The third-order valence-corrected chi connectivity index (χ3v) is 6.01. The molecule has 2 aromatic rings. The van der Waals surface area contributed by atoms with Gasteiger partial charge in [-0.1, -0.05) is 0 Å². The molecule has 0 bridgehead atoms. The maximum absolute atomic E-state index is 12.1. The van der Waals surface area contributed by atoms with E-state index in [-0.39, 0.29) is 17.7 Å². The SMILES string of the molecule is O=C(NCCCc1nc2c(s1)CCCC2)C1CC1c1ccco1. The highest BCUT2D eigenvalue weighted by molar-refractivity contribution is 7.11. The number of carbonyl (C=O) groups is 1. The molecule has 0 saturated heterocycles. The summed E-state index contributed by atoms with van der Waals surface area (Å²) in [5.41, 5.74) is 1.33. The number of thiazole rings is 1. The molecule has 2 aliphatic rings. The Morgan fingerprint density at radius 2 is 2.30 bits per heavy atom. The van der Waals surface area contributed by atoms with Crippen LogP contribution >= 0.6 is 11.3 Å². The Labute approximate surface area is 140 Å². The number of furan rings is 1.